The fourth-order valence-electron chi connectivity index (χ4n) is 5.29. The van der Waals surface area contributed by atoms with E-state index in [2.05, 4.69) is 19.2 Å². The molecule has 52 heavy (non-hydrogen) atoms. The zero-order valence-electron chi connectivity index (χ0n) is 31.5. The van der Waals surface area contributed by atoms with E-state index in [0.29, 0.717) is 42.7 Å². The van der Waals surface area contributed by atoms with Gasteiger partial charge < -0.3 is 43.7 Å². The lowest BCUT2D eigenvalue weighted by molar-refractivity contribution is -0.144. The summed E-state index contributed by atoms with van der Waals surface area (Å²) in [6.45, 7) is 6.21. The molecule has 0 aromatic heterocycles. The second-order valence-corrected chi connectivity index (χ2v) is 12.5. The molecule has 0 atom stereocenters. The molecular formula is C40H62N2O10. The van der Waals surface area contributed by atoms with Crippen LogP contribution in [0.15, 0.2) is 48.5 Å². The maximum absolute atomic E-state index is 12.6. The van der Waals surface area contributed by atoms with Crippen molar-refractivity contribution in [2.75, 3.05) is 82.7 Å². The van der Waals surface area contributed by atoms with Crippen LogP contribution in [-0.4, -0.2) is 95.5 Å². The van der Waals surface area contributed by atoms with Crippen LogP contribution in [0.1, 0.15) is 90.9 Å². The number of unbranched alkanes of at least 4 members (excludes halogenated alkanes) is 10. The summed E-state index contributed by atoms with van der Waals surface area (Å²) in [6.07, 6.45) is 14.2. The molecule has 0 aliphatic rings. The summed E-state index contributed by atoms with van der Waals surface area (Å²) in [5, 5.41) is 12.6. The number of esters is 2. The van der Waals surface area contributed by atoms with E-state index in [-0.39, 0.29) is 46.1 Å². The Kier molecular flexibility index (Phi) is 25.1. The van der Waals surface area contributed by atoms with Crippen LogP contribution >= 0.6 is 0 Å². The number of nitrogens with one attached hydrogen (secondary N) is 1. The Labute approximate surface area is 310 Å². The van der Waals surface area contributed by atoms with Gasteiger partial charge in [-0.1, -0.05) is 102 Å². The number of aliphatic carboxylic acids is 1. The van der Waals surface area contributed by atoms with Gasteiger partial charge in [0, 0.05) is 13.2 Å². The van der Waals surface area contributed by atoms with E-state index in [0.717, 1.165) is 25.7 Å². The second kappa shape index (κ2) is 29.5. The first-order chi connectivity index (χ1) is 25.4. The molecule has 0 radical (unpaired) electrons. The van der Waals surface area contributed by atoms with Crippen LogP contribution in [-0.2, 0) is 33.3 Å². The van der Waals surface area contributed by atoms with Crippen LogP contribution in [0.25, 0.3) is 0 Å². The first kappa shape index (κ1) is 44.1. The number of nitrogens with zero attached hydrogens (tertiary/aromatic N) is 1. The molecule has 0 heterocycles. The van der Waals surface area contributed by atoms with Gasteiger partial charge in [-0.25, -0.2) is 0 Å². The van der Waals surface area contributed by atoms with E-state index in [1.165, 1.54) is 56.3 Å². The summed E-state index contributed by atoms with van der Waals surface area (Å²) in [5.41, 5.74) is 1.06. The third kappa shape index (κ3) is 21.4. The van der Waals surface area contributed by atoms with Gasteiger partial charge in [0.05, 0.1) is 24.6 Å². The minimum Gasteiger partial charge on any atom is -0.488 e. The van der Waals surface area contributed by atoms with Crippen LogP contribution < -0.4 is 19.7 Å². The van der Waals surface area contributed by atoms with Gasteiger partial charge in [-0.15, -0.1) is 0 Å². The normalized spacial score (nSPS) is 10.8. The Hall–Kier alpha value is -4.03. The molecule has 0 saturated carbocycles. The third-order valence-electron chi connectivity index (χ3n) is 8.03. The van der Waals surface area contributed by atoms with Crippen LogP contribution in [0, 0.1) is 0 Å². The number of benzene rings is 2. The maximum atomic E-state index is 12.6. The van der Waals surface area contributed by atoms with E-state index in [9.17, 15) is 19.5 Å². The summed E-state index contributed by atoms with van der Waals surface area (Å²) >= 11 is 0. The van der Waals surface area contributed by atoms with Crippen molar-refractivity contribution in [2.24, 2.45) is 0 Å². The Balaban J connectivity index is 1.74. The number of anilines is 2. The topological polar surface area (TPSA) is 142 Å². The van der Waals surface area contributed by atoms with Crippen molar-refractivity contribution >= 4 is 29.3 Å². The zero-order chi connectivity index (χ0) is 37.5. The lowest BCUT2D eigenvalue weighted by Crippen LogP contribution is -2.36. The quantitative estimate of drug-likeness (QED) is 0.0563. The highest BCUT2D eigenvalue weighted by Gasteiger charge is 2.19. The fourth-order valence-corrected chi connectivity index (χ4v) is 5.29. The van der Waals surface area contributed by atoms with E-state index in [1.54, 1.807) is 36.4 Å². The van der Waals surface area contributed by atoms with Crippen LogP contribution in [0.5, 0.6) is 11.5 Å². The molecule has 0 bridgehead atoms. The Morgan fingerprint density at radius 1 is 0.577 bits per heavy atom. The molecule has 0 amide bonds. The predicted octanol–water partition coefficient (Wildman–Crippen LogP) is 7.29. The molecule has 2 aromatic rings. The molecule has 2 rings (SSSR count). The smallest absolute Gasteiger partial charge is 0.325 e. The average Bonchev–Trinajstić information content (AvgIpc) is 3.14. The van der Waals surface area contributed by atoms with Crippen molar-refractivity contribution in [3.63, 3.8) is 0 Å². The van der Waals surface area contributed by atoms with Gasteiger partial charge >= 0.3 is 17.9 Å². The first-order valence-electron chi connectivity index (χ1n) is 19.1. The predicted molar refractivity (Wildman–Crippen MR) is 203 cm³/mol. The summed E-state index contributed by atoms with van der Waals surface area (Å²) in [4.78, 5) is 38.0. The van der Waals surface area contributed by atoms with E-state index in [1.807, 2.05) is 12.1 Å². The van der Waals surface area contributed by atoms with Crippen LogP contribution in [0.4, 0.5) is 11.4 Å². The van der Waals surface area contributed by atoms with Gasteiger partial charge in [-0.3, -0.25) is 14.4 Å². The third-order valence-corrected chi connectivity index (χ3v) is 8.03. The van der Waals surface area contributed by atoms with Gasteiger partial charge in [0.2, 0.25) is 0 Å². The maximum Gasteiger partial charge on any atom is 0.325 e. The van der Waals surface area contributed by atoms with Crippen LogP contribution in [0.2, 0.25) is 0 Å². The van der Waals surface area contributed by atoms with Gasteiger partial charge in [0.1, 0.15) is 57.6 Å². The van der Waals surface area contributed by atoms with Crippen molar-refractivity contribution in [1.29, 1.82) is 0 Å². The summed E-state index contributed by atoms with van der Waals surface area (Å²) < 4.78 is 33.6. The standard InChI is InChI=1S/C40H62N2O10/c1-3-5-7-9-11-17-23-47-25-27-51-39(45)31-41-34-19-13-15-21-36(34)49-29-30-50-37-22-16-14-20-35(37)42(32-38(43)44)33-40(46)52-28-26-48-24-18-12-10-8-6-4-2/h13-16,19-22,41H,3-12,17-18,23-33H2,1-2H3,(H,43,44). The number of para-hydroxylation sites is 4. The number of carbonyl (C=O) groups is 3. The molecule has 0 fully saturated rings. The van der Waals surface area contributed by atoms with Gasteiger partial charge in [0.25, 0.3) is 0 Å². The van der Waals surface area contributed by atoms with Crippen molar-refractivity contribution in [1.82, 2.24) is 0 Å². The number of ether oxygens (including phenoxy) is 6. The van der Waals surface area contributed by atoms with Crippen LogP contribution in [0.3, 0.4) is 0 Å². The molecular weight excluding hydrogens is 668 g/mol. The Morgan fingerprint density at radius 2 is 1.10 bits per heavy atom. The summed E-state index contributed by atoms with van der Waals surface area (Å²) in [7, 11) is 0. The molecule has 0 saturated heterocycles. The van der Waals surface area contributed by atoms with E-state index in [4.69, 9.17) is 28.4 Å². The summed E-state index contributed by atoms with van der Waals surface area (Å²) in [5.74, 6) is -1.14. The van der Waals surface area contributed by atoms with E-state index >= 15 is 0 Å². The number of carbonyl (C=O) groups excluding carboxylic acids is 2. The molecule has 2 aromatic carbocycles. The molecule has 0 spiro atoms. The van der Waals surface area contributed by atoms with Crippen molar-refractivity contribution < 1.29 is 47.9 Å². The molecule has 12 nitrogen and oxygen atoms in total. The highest BCUT2D eigenvalue weighted by atomic mass is 16.6. The fraction of sp³-hybridized carbons (Fsp3) is 0.625. The Morgan fingerprint density at radius 3 is 1.71 bits per heavy atom. The lowest BCUT2D eigenvalue weighted by atomic mass is 10.1. The SMILES string of the molecule is CCCCCCCCOCCOC(=O)CNc1ccccc1OCCOc1ccccc1N(CC(=O)O)CC(=O)OCCOCCCCCCCC. The molecule has 0 unspecified atom stereocenters. The molecule has 12 heteroatoms. The largest absolute Gasteiger partial charge is 0.488 e. The molecule has 292 valence electrons. The molecule has 0 aliphatic carbocycles. The zero-order valence-corrected chi connectivity index (χ0v) is 31.5. The minimum absolute atomic E-state index is 0.0320. The van der Waals surface area contributed by atoms with Crippen molar-refractivity contribution in [2.45, 2.75) is 90.9 Å². The number of hydrogen-bond donors (Lipinski definition) is 2. The number of hydrogen-bond acceptors (Lipinski definition) is 11. The average molecular weight is 731 g/mol. The highest BCUT2D eigenvalue weighted by Crippen LogP contribution is 2.28. The van der Waals surface area contributed by atoms with Gasteiger partial charge in [0.15, 0.2) is 0 Å². The van der Waals surface area contributed by atoms with Crippen molar-refractivity contribution in [3.05, 3.63) is 48.5 Å². The van der Waals surface area contributed by atoms with Gasteiger partial charge in [-0.2, -0.15) is 0 Å². The Bertz CT molecular complexity index is 1240. The lowest BCUT2D eigenvalue weighted by Gasteiger charge is -2.24. The second-order valence-electron chi connectivity index (χ2n) is 12.5. The van der Waals surface area contributed by atoms with E-state index < -0.39 is 24.5 Å². The van der Waals surface area contributed by atoms with Crippen molar-refractivity contribution in [3.8, 4) is 11.5 Å². The number of carboxylic acid groups (broad SMARTS) is 1. The monoisotopic (exact) mass is 730 g/mol. The minimum atomic E-state index is -1.10. The molecule has 0 aliphatic heterocycles. The van der Waals surface area contributed by atoms with Gasteiger partial charge in [-0.05, 0) is 37.1 Å². The number of carboxylic acids is 1. The highest BCUT2D eigenvalue weighted by molar-refractivity contribution is 5.82. The molecule has 2 N–H and O–H groups in total. The first-order valence-corrected chi connectivity index (χ1v) is 19.1. The summed E-state index contributed by atoms with van der Waals surface area (Å²) in [6, 6.07) is 14.1. The number of rotatable bonds is 33.